The average Bonchev–Trinajstić information content (AvgIpc) is 2.85. The summed E-state index contributed by atoms with van der Waals surface area (Å²) in [5, 5.41) is 2.88. The first-order chi connectivity index (χ1) is 9.51. The van der Waals surface area contributed by atoms with E-state index >= 15 is 0 Å². The summed E-state index contributed by atoms with van der Waals surface area (Å²) >= 11 is 3.10. The van der Waals surface area contributed by atoms with E-state index in [1.807, 2.05) is 0 Å². The maximum Gasteiger partial charge on any atom is 0.360 e. The number of rotatable bonds is 4. The molecule has 0 bridgehead atoms. The highest BCUT2D eigenvalue weighted by Crippen LogP contribution is 2.26. The molecule has 1 N–H and O–H groups in total. The molecule has 0 saturated carbocycles. The third-order valence-corrected chi connectivity index (χ3v) is 3.11. The predicted molar refractivity (Wildman–Crippen MR) is 74.6 cm³/mol. The normalized spacial score (nSPS) is 10.4. The highest BCUT2D eigenvalue weighted by molar-refractivity contribution is 9.10. The second kappa shape index (κ2) is 6.04. The van der Waals surface area contributed by atoms with Crippen molar-refractivity contribution in [2.75, 3.05) is 11.9 Å². The van der Waals surface area contributed by atoms with Gasteiger partial charge in [-0.15, -0.1) is 0 Å². The molecule has 0 aliphatic carbocycles. The molecule has 7 heteroatoms. The van der Waals surface area contributed by atoms with Gasteiger partial charge in [-0.25, -0.2) is 9.18 Å². The minimum absolute atomic E-state index is 0.0770. The van der Waals surface area contributed by atoms with E-state index in [4.69, 9.17) is 9.15 Å². The van der Waals surface area contributed by atoms with E-state index in [1.54, 1.807) is 19.9 Å². The third kappa shape index (κ3) is 3.16. The molecule has 0 unspecified atom stereocenters. The highest BCUT2D eigenvalue weighted by Gasteiger charge is 2.14. The lowest BCUT2D eigenvalue weighted by atomic mass is 10.2. The van der Waals surface area contributed by atoms with Gasteiger partial charge in [0, 0.05) is 5.69 Å². The third-order valence-electron chi connectivity index (χ3n) is 2.50. The second-order valence-corrected chi connectivity index (χ2v) is 4.82. The van der Waals surface area contributed by atoms with E-state index in [-0.39, 0.29) is 24.1 Å². The molecule has 2 aromatic rings. The van der Waals surface area contributed by atoms with Crippen LogP contribution >= 0.6 is 15.9 Å². The van der Waals surface area contributed by atoms with Crippen molar-refractivity contribution in [3.63, 3.8) is 0 Å². The number of oxazole rings is 1. The van der Waals surface area contributed by atoms with Crippen molar-refractivity contribution in [1.29, 1.82) is 0 Å². The zero-order valence-corrected chi connectivity index (χ0v) is 12.5. The van der Waals surface area contributed by atoms with Crippen molar-refractivity contribution in [3.05, 3.63) is 39.9 Å². The molecule has 2 rings (SSSR count). The van der Waals surface area contributed by atoms with E-state index < -0.39 is 5.97 Å². The number of carbonyl (C=O) groups excluding carboxylic acids is 1. The second-order valence-electron chi connectivity index (χ2n) is 3.96. The van der Waals surface area contributed by atoms with Gasteiger partial charge in [0.05, 0.1) is 11.1 Å². The van der Waals surface area contributed by atoms with Crippen molar-refractivity contribution >= 4 is 33.6 Å². The number of esters is 1. The minimum atomic E-state index is -0.554. The van der Waals surface area contributed by atoms with Crippen LogP contribution in [0.25, 0.3) is 0 Å². The summed E-state index contributed by atoms with van der Waals surface area (Å²) in [7, 11) is 0. The molecule has 0 aliphatic heterocycles. The van der Waals surface area contributed by atoms with Crippen molar-refractivity contribution in [2.45, 2.75) is 13.8 Å². The quantitative estimate of drug-likeness (QED) is 0.856. The van der Waals surface area contributed by atoms with Crippen molar-refractivity contribution in [3.8, 4) is 0 Å². The lowest BCUT2D eigenvalue weighted by molar-refractivity contribution is 0.0519. The summed E-state index contributed by atoms with van der Waals surface area (Å²) in [5.41, 5.74) is 1.38. The van der Waals surface area contributed by atoms with Crippen LogP contribution in [0.15, 0.2) is 27.3 Å². The van der Waals surface area contributed by atoms with Crippen LogP contribution in [0.2, 0.25) is 0 Å². The fourth-order valence-corrected chi connectivity index (χ4v) is 1.87. The lowest BCUT2D eigenvalue weighted by Gasteiger charge is -2.07. The standard InChI is InChI=1S/C13H12BrFN2O3/c1-3-19-12(18)11-6-20-13(17-11)16-10-5-8(14)9(15)4-7(10)2/h4-6H,3H2,1-2H3,(H,16,17). The van der Waals surface area contributed by atoms with Gasteiger partial charge < -0.3 is 14.5 Å². The zero-order chi connectivity index (χ0) is 14.7. The number of hydrogen-bond donors (Lipinski definition) is 1. The Labute approximate surface area is 123 Å². The number of halogens is 2. The van der Waals surface area contributed by atoms with Gasteiger partial charge in [-0.3, -0.25) is 0 Å². The Kier molecular flexibility index (Phi) is 4.39. The summed E-state index contributed by atoms with van der Waals surface area (Å²) in [6, 6.07) is 3.08. The number of benzene rings is 1. The fourth-order valence-electron chi connectivity index (χ4n) is 1.53. The van der Waals surface area contributed by atoms with Crippen LogP contribution in [-0.2, 0) is 4.74 Å². The molecule has 0 radical (unpaired) electrons. The van der Waals surface area contributed by atoms with E-state index in [1.165, 1.54) is 12.3 Å². The number of anilines is 2. The van der Waals surface area contributed by atoms with Gasteiger partial charge in [0.25, 0.3) is 6.01 Å². The number of nitrogens with zero attached hydrogens (tertiary/aromatic N) is 1. The molecule has 0 spiro atoms. The molecule has 1 aromatic heterocycles. The van der Waals surface area contributed by atoms with Crippen LogP contribution in [-0.4, -0.2) is 17.6 Å². The summed E-state index contributed by atoms with van der Waals surface area (Å²) in [5.74, 6) is -0.908. The van der Waals surface area contributed by atoms with Gasteiger partial charge in [0.15, 0.2) is 5.69 Å². The summed E-state index contributed by atoms with van der Waals surface area (Å²) in [4.78, 5) is 15.4. The smallest absolute Gasteiger partial charge is 0.360 e. The van der Waals surface area contributed by atoms with Gasteiger partial charge in [0.1, 0.15) is 12.1 Å². The molecule has 20 heavy (non-hydrogen) atoms. The minimum Gasteiger partial charge on any atom is -0.461 e. The molecule has 0 saturated heterocycles. The van der Waals surface area contributed by atoms with Gasteiger partial charge in [-0.2, -0.15) is 4.98 Å². The first-order valence-corrected chi connectivity index (χ1v) is 6.66. The fraction of sp³-hybridized carbons (Fsp3) is 0.231. The van der Waals surface area contributed by atoms with Gasteiger partial charge in [-0.05, 0) is 47.5 Å². The molecule has 0 amide bonds. The molecule has 106 valence electrons. The van der Waals surface area contributed by atoms with Gasteiger partial charge in [0.2, 0.25) is 0 Å². The predicted octanol–water partition coefficient (Wildman–Crippen LogP) is 3.80. The number of aromatic nitrogens is 1. The van der Waals surface area contributed by atoms with Crippen LogP contribution in [0.4, 0.5) is 16.1 Å². The van der Waals surface area contributed by atoms with Gasteiger partial charge >= 0.3 is 5.97 Å². The van der Waals surface area contributed by atoms with E-state index in [0.29, 0.717) is 15.7 Å². The number of ether oxygens (including phenoxy) is 1. The number of hydrogen-bond acceptors (Lipinski definition) is 5. The van der Waals surface area contributed by atoms with Crippen molar-refractivity contribution in [1.82, 2.24) is 4.98 Å². The van der Waals surface area contributed by atoms with Crippen LogP contribution in [0.3, 0.4) is 0 Å². The lowest BCUT2D eigenvalue weighted by Crippen LogP contribution is -2.05. The van der Waals surface area contributed by atoms with Crippen LogP contribution < -0.4 is 5.32 Å². The number of carbonyl (C=O) groups is 1. The molecule has 1 aromatic carbocycles. The largest absolute Gasteiger partial charge is 0.461 e. The summed E-state index contributed by atoms with van der Waals surface area (Å²) in [6.07, 6.45) is 1.20. The molecule has 5 nitrogen and oxygen atoms in total. The molecule has 0 atom stereocenters. The Morgan fingerprint density at radius 3 is 3.00 bits per heavy atom. The van der Waals surface area contributed by atoms with E-state index in [0.717, 1.165) is 0 Å². The number of aryl methyl sites for hydroxylation is 1. The molecular weight excluding hydrogens is 331 g/mol. The Hall–Kier alpha value is -1.89. The average molecular weight is 343 g/mol. The van der Waals surface area contributed by atoms with Crippen molar-refractivity contribution in [2.24, 2.45) is 0 Å². The SMILES string of the molecule is CCOC(=O)c1coc(Nc2cc(Br)c(F)cc2C)n1. The summed E-state index contributed by atoms with van der Waals surface area (Å²) < 4.78 is 23.6. The van der Waals surface area contributed by atoms with Crippen LogP contribution in [0.5, 0.6) is 0 Å². The monoisotopic (exact) mass is 342 g/mol. The molecular formula is C13H12BrFN2O3. The van der Waals surface area contributed by atoms with E-state index in [2.05, 4.69) is 26.2 Å². The Morgan fingerprint density at radius 1 is 1.55 bits per heavy atom. The molecule has 0 fully saturated rings. The Balaban J connectivity index is 2.19. The molecule has 1 heterocycles. The van der Waals surface area contributed by atoms with E-state index in [9.17, 15) is 9.18 Å². The maximum atomic E-state index is 13.3. The summed E-state index contributed by atoms with van der Waals surface area (Å²) in [6.45, 7) is 3.71. The maximum absolute atomic E-state index is 13.3. The Morgan fingerprint density at radius 2 is 2.30 bits per heavy atom. The van der Waals surface area contributed by atoms with Crippen LogP contribution in [0.1, 0.15) is 23.0 Å². The highest BCUT2D eigenvalue weighted by atomic mass is 79.9. The van der Waals surface area contributed by atoms with Gasteiger partial charge in [-0.1, -0.05) is 0 Å². The first-order valence-electron chi connectivity index (χ1n) is 5.86. The molecule has 0 aliphatic rings. The topological polar surface area (TPSA) is 64.4 Å². The van der Waals surface area contributed by atoms with Crippen molar-refractivity contribution < 1.29 is 18.3 Å². The first kappa shape index (κ1) is 14.5. The van der Waals surface area contributed by atoms with Crippen LogP contribution in [0, 0.1) is 12.7 Å². The Bertz CT molecular complexity index is 643. The zero-order valence-electron chi connectivity index (χ0n) is 10.9. The number of nitrogens with one attached hydrogen (secondary N) is 1.